The van der Waals surface area contributed by atoms with Crippen LogP contribution in [0.15, 0.2) is 24.3 Å². The van der Waals surface area contributed by atoms with Gasteiger partial charge in [0.15, 0.2) is 0 Å². The standard InChI is InChI=1S/C17H26N2O/c1-11(17(2,3)4)9-15(20)19-16-13-8-6-5-7-12(13)10-14(16)18/h5-8,11,14,16H,9-10,18H2,1-4H3,(H,19,20). The molecule has 3 heteroatoms. The Morgan fingerprint density at radius 2 is 2.05 bits per heavy atom. The zero-order valence-corrected chi connectivity index (χ0v) is 12.9. The molecule has 3 N–H and O–H groups in total. The lowest BCUT2D eigenvalue weighted by Crippen LogP contribution is -2.39. The molecule has 0 radical (unpaired) electrons. The molecule has 3 nitrogen and oxygen atoms in total. The maximum atomic E-state index is 12.2. The van der Waals surface area contributed by atoms with E-state index < -0.39 is 0 Å². The van der Waals surface area contributed by atoms with E-state index in [1.807, 2.05) is 12.1 Å². The summed E-state index contributed by atoms with van der Waals surface area (Å²) in [5.41, 5.74) is 8.76. The fourth-order valence-electron chi connectivity index (χ4n) is 2.63. The van der Waals surface area contributed by atoms with Gasteiger partial charge in [-0.05, 0) is 28.9 Å². The van der Waals surface area contributed by atoms with Gasteiger partial charge < -0.3 is 11.1 Å². The van der Waals surface area contributed by atoms with Crippen molar-refractivity contribution in [2.45, 2.75) is 52.6 Å². The molecule has 3 atom stereocenters. The van der Waals surface area contributed by atoms with Crippen LogP contribution in [0.25, 0.3) is 0 Å². The van der Waals surface area contributed by atoms with Gasteiger partial charge in [0.2, 0.25) is 5.91 Å². The van der Waals surface area contributed by atoms with Crippen LogP contribution in [0.4, 0.5) is 0 Å². The summed E-state index contributed by atoms with van der Waals surface area (Å²) in [6.45, 7) is 8.63. The predicted octanol–water partition coefficient (Wildman–Crippen LogP) is 2.80. The first-order chi connectivity index (χ1) is 9.29. The average Bonchev–Trinajstić information content (AvgIpc) is 2.65. The zero-order valence-electron chi connectivity index (χ0n) is 12.9. The van der Waals surface area contributed by atoms with Gasteiger partial charge in [0.25, 0.3) is 0 Å². The van der Waals surface area contributed by atoms with Crippen LogP contribution in [0.1, 0.15) is 51.3 Å². The fraction of sp³-hybridized carbons (Fsp3) is 0.588. The first-order valence-electron chi connectivity index (χ1n) is 7.42. The number of hydrogen-bond donors (Lipinski definition) is 2. The SMILES string of the molecule is CC(CC(=O)NC1c2ccccc2CC1N)C(C)(C)C. The number of nitrogens with two attached hydrogens (primary N) is 1. The monoisotopic (exact) mass is 274 g/mol. The smallest absolute Gasteiger partial charge is 0.220 e. The van der Waals surface area contributed by atoms with E-state index in [1.165, 1.54) is 11.1 Å². The lowest BCUT2D eigenvalue weighted by molar-refractivity contribution is -0.123. The molecule has 0 saturated carbocycles. The van der Waals surface area contributed by atoms with E-state index in [1.54, 1.807) is 0 Å². The third kappa shape index (κ3) is 3.21. The normalized spacial score (nSPS) is 23.2. The quantitative estimate of drug-likeness (QED) is 0.890. The van der Waals surface area contributed by atoms with Crippen molar-refractivity contribution in [2.75, 3.05) is 0 Å². The molecular weight excluding hydrogens is 248 g/mol. The molecule has 0 bridgehead atoms. The Bertz CT molecular complexity index is 490. The molecule has 0 saturated heterocycles. The largest absolute Gasteiger partial charge is 0.348 e. The van der Waals surface area contributed by atoms with Crippen molar-refractivity contribution in [3.8, 4) is 0 Å². The summed E-state index contributed by atoms with van der Waals surface area (Å²) in [6, 6.07) is 8.15. The highest BCUT2D eigenvalue weighted by Crippen LogP contribution is 2.31. The number of benzene rings is 1. The van der Waals surface area contributed by atoms with Gasteiger partial charge in [0.05, 0.1) is 6.04 Å². The summed E-state index contributed by atoms with van der Waals surface area (Å²) in [5, 5.41) is 3.12. The second-order valence-electron chi connectivity index (χ2n) is 7.08. The third-order valence-corrected chi connectivity index (χ3v) is 4.56. The Kier molecular flexibility index (Phi) is 4.19. The molecule has 0 aromatic heterocycles. The highest BCUT2D eigenvalue weighted by atomic mass is 16.1. The molecule has 3 unspecified atom stereocenters. The highest BCUT2D eigenvalue weighted by Gasteiger charge is 2.31. The van der Waals surface area contributed by atoms with Crippen molar-refractivity contribution in [1.29, 1.82) is 0 Å². The molecule has 110 valence electrons. The summed E-state index contributed by atoms with van der Waals surface area (Å²) in [5.74, 6) is 0.444. The molecule has 1 aliphatic carbocycles. The number of carbonyl (C=O) groups is 1. The second-order valence-corrected chi connectivity index (χ2v) is 7.08. The number of amides is 1. The molecule has 20 heavy (non-hydrogen) atoms. The van der Waals surface area contributed by atoms with E-state index in [4.69, 9.17) is 5.73 Å². The lowest BCUT2D eigenvalue weighted by atomic mass is 9.80. The molecule has 0 aliphatic heterocycles. The minimum Gasteiger partial charge on any atom is -0.348 e. The van der Waals surface area contributed by atoms with Crippen LogP contribution in [-0.4, -0.2) is 11.9 Å². The van der Waals surface area contributed by atoms with Gasteiger partial charge in [-0.15, -0.1) is 0 Å². The van der Waals surface area contributed by atoms with Crippen LogP contribution >= 0.6 is 0 Å². The molecule has 1 aliphatic rings. The van der Waals surface area contributed by atoms with Gasteiger partial charge in [-0.1, -0.05) is 52.0 Å². The Hall–Kier alpha value is -1.35. The number of rotatable bonds is 3. The van der Waals surface area contributed by atoms with Gasteiger partial charge in [0.1, 0.15) is 0 Å². The van der Waals surface area contributed by atoms with Crippen LogP contribution in [0, 0.1) is 11.3 Å². The first kappa shape index (κ1) is 15.0. The van der Waals surface area contributed by atoms with Gasteiger partial charge >= 0.3 is 0 Å². The van der Waals surface area contributed by atoms with Crippen molar-refractivity contribution in [3.05, 3.63) is 35.4 Å². The maximum Gasteiger partial charge on any atom is 0.220 e. The molecule has 1 amide bonds. The second kappa shape index (κ2) is 5.57. The van der Waals surface area contributed by atoms with E-state index in [0.29, 0.717) is 12.3 Å². The van der Waals surface area contributed by atoms with Crippen LogP contribution < -0.4 is 11.1 Å². The summed E-state index contributed by atoms with van der Waals surface area (Å²) in [7, 11) is 0. The minimum atomic E-state index is -0.0362. The summed E-state index contributed by atoms with van der Waals surface area (Å²) >= 11 is 0. The topological polar surface area (TPSA) is 55.1 Å². The molecular formula is C17H26N2O. The van der Waals surface area contributed by atoms with Crippen molar-refractivity contribution < 1.29 is 4.79 Å². The molecule has 0 heterocycles. The zero-order chi connectivity index (χ0) is 14.9. The Labute approximate surface area is 121 Å². The fourth-order valence-corrected chi connectivity index (χ4v) is 2.63. The number of hydrogen-bond acceptors (Lipinski definition) is 2. The van der Waals surface area contributed by atoms with Crippen molar-refractivity contribution >= 4 is 5.91 Å². The average molecular weight is 274 g/mol. The molecule has 0 spiro atoms. The van der Waals surface area contributed by atoms with E-state index in [0.717, 1.165) is 6.42 Å². The number of fused-ring (bicyclic) bond motifs is 1. The highest BCUT2D eigenvalue weighted by molar-refractivity contribution is 5.77. The molecule has 1 aromatic rings. The lowest BCUT2D eigenvalue weighted by Gasteiger charge is -2.28. The van der Waals surface area contributed by atoms with Crippen LogP contribution in [0.3, 0.4) is 0 Å². The van der Waals surface area contributed by atoms with Crippen molar-refractivity contribution in [1.82, 2.24) is 5.32 Å². The van der Waals surface area contributed by atoms with E-state index in [2.05, 4.69) is 45.1 Å². The third-order valence-electron chi connectivity index (χ3n) is 4.56. The van der Waals surface area contributed by atoms with E-state index in [9.17, 15) is 4.79 Å². The Morgan fingerprint density at radius 1 is 1.40 bits per heavy atom. The van der Waals surface area contributed by atoms with Crippen LogP contribution in [0.2, 0.25) is 0 Å². The van der Waals surface area contributed by atoms with Crippen molar-refractivity contribution in [2.24, 2.45) is 17.1 Å². The molecule has 1 aromatic carbocycles. The van der Waals surface area contributed by atoms with Gasteiger partial charge in [-0.3, -0.25) is 4.79 Å². The van der Waals surface area contributed by atoms with Crippen LogP contribution in [-0.2, 0) is 11.2 Å². The van der Waals surface area contributed by atoms with Gasteiger partial charge in [-0.25, -0.2) is 0 Å². The molecule has 0 fully saturated rings. The molecule has 2 rings (SSSR count). The summed E-state index contributed by atoms with van der Waals surface area (Å²) in [4.78, 5) is 12.2. The number of nitrogens with one attached hydrogen (secondary N) is 1. The minimum absolute atomic E-state index is 0.0127. The summed E-state index contributed by atoms with van der Waals surface area (Å²) < 4.78 is 0. The first-order valence-corrected chi connectivity index (χ1v) is 7.42. The van der Waals surface area contributed by atoms with E-state index in [-0.39, 0.29) is 23.4 Å². The predicted molar refractivity (Wildman–Crippen MR) is 82.2 cm³/mol. The van der Waals surface area contributed by atoms with Crippen LogP contribution in [0.5, 0.6) is 0 Å². The van der Waals surface area contributed by atoms with Crippen molar-refractivity contribution in [3.63, 3.8) is 0 Å². The van der Waals surface area contributed by atoms with Gasteiger partial charge in [-0.2, -0.15) is 0 Å². The Balaban J connectivity index is 2.02. The number of carbonyl (C=O) groups excluding carboxylic acids is 1. The van der Waals surface area contributed by atoms with Gasteiger partial charge in [0, 0.05) is 12.5 Å². The van der Waals surface area contributed by atoms with E-state index >= 15 is 0 Å². The Morgan fingerprint density at radius 3 is 2.70 bits per heavy atom. The summed E-state index contributed by atoms with van der Waals surface area (Å²) in [6.07, 6.45) is 1.39. The maximum absolute atomic E-state index is 12.2.